The number of ether oxygens (including phenoxy) is 2. The van der Waals surface area contributed by atoms with E-state index in [1.807, 2.05) is 0 Å². The van der Waals surface area contributed by atoms with Gasteiger partial charge in [-0.15, -0.1) is 0 Å². The van der Waals surface area contributed by atoms with Gasteiger partial charge < -0.3 is 19.7 Å². The molecule has 2 aliphatic rings. The zero-order chi connectivity index (χ0) is 20.4. The summed E-state index contributed by atoms with van der Waals surface area (Å²) in [6.07, 6.45) is -2.41. The zero-order valence-corrected chi connectivity index (χ0v) is 15.4. The molecule has 0 aliphatic carbocycles. The molecular weight excluding hydrogens is 389 g/mol. The van der Waals surface area contributed by atoms with Gasteiger partial charge in [0.2, 0.25) is 0 Å². The zero-order valence-electron chi connectivity index (χ0n) is 15.4. The fraction of sp³-hybridized carbons (Fsp3) is 0.421. The van der Waals surface area contributed by atoms with Crippen molar-refractivity contribution in [2.75, 3.05) is 31.2 Å². The Morgan fingerprint density at radius 3 is 2.66 bits per heavy atom. The molecule has 2 aliphatic heterocycles. The van der Waals surface area contributed by atoms with Crippen molar-refractivity contribution in [1.29, 1.82) is 0 Å². The van der Waals surface area contributed by atoms with Gasteiger partial charge in [-0.2, -0.15) is 13.2 Å². The first-order valence-corrected chi connectivity index (χ1v) is 9.25. The minimum absolute atomic E-state index is 0.0944. The number of benzene rings is 1. The number of fused-ring (bicyclic) bond motifs is 1. The Morgan fingerprint density at radius 2 is 1.90 bits per heavy atom. The number of carbonyl (C=O) groups excluding carboxylic acids is 1. The number of halogens is 3. The van der Waals surface area contributed by atoms with Gasteiger partial charge in [-0.1, -0.05) is 6.07 Å². The lowest BCUT2D eigenvalue weighted by atomic mass is 10.0. The Balaban J connectivity index is 1.38. The Morgan fingerprint density at radius 1 is 1.14 bits per heavy atom. The lowest BCUT2D eigenvalue weighted by Crippen LogP contribution is -2.45. The monoisotopic (exact) mass is 408 g/mol. The molecule has 0 atom stereocenters. The van der Waals surface area contributed by atoms with Crippen molar-refractivity contribution in [3.05, 3.63) is 41.9 Å². The van der Waals surface area contributed by atoms with E-state index in [0.29, 0.717) is 56.2 Å². The van der Waals surface area contributed by atoms with Gasteiger partial charge in [-0.25, -0.2) is 9.97 Å². The number of nitrogens with zero attached hydrogens (tertiary/aromatic N) is 3. The van der Waals surface area contributed by atoms with Gasteiger partial charge >= 0.3 is 6.18 Å². The van der Waals surface area contributed by atoms with Crippen molar-refractivity contribution in [2.24, 2.45) is 0 Å². The van der Waals surface area contributed by atoms with Crippen molar-refractivity contribution in [3.63, 3.8) is 0 Å². The third kappa shape index (κ3) is 4.20. The van der Waals surface area contributed by atoms with E-state index in [1.54, 1.807) is 23.1 Å². The highest BCUT2D eigenvalue weighted by atomic mass is 19.4. The van der Waals surface area contributed by atoms with Crippen LogP contribution < -0.4 is 19.7 Å². The predicted molar refractivity (Wildman–Crippen MR) is 97.2 cm³/mol. The molecule has 1 aromatic carbocycles. The number of nitrogens with one attached hydrogen (secondary N) is 1. The van der Waals surface area contributed by atoms with E-state index in [1.165, 1.54) is 0 Å². The van der Waals surface area contributed by atoms with Crippen LogP contribution >= 0.6 is 0 Å². The normalized spacial score (nSPS) is 17.1. The maximum Gasteiger partial charge on any atom is 0.433 e. The highest BCUT2D eigenvalue weighted by Crippen LogP contribution is 2.34. The molecule has 1 saturated heterocycles. The minimum atomic E-state index is -4.51. The van der Waals surface area contributed by atoms with E-state index in [9.17, 15) is 18.0 Å². The van der Waals surface area contributed by atoms with Crippen LogP contribution in [0.25, 0.3) is 0 Å². The Bertz CT molecular complexity index is 899. The summed E-state index contributed by atoms with van der Waals surface area (Å²) >= 11 is 0. The van der Waals surface area contributed by atoms with Crippen LogP contribution in [0.3, 0.4) is 0 Å². The second-order valence-electron chi connectivity index (χ2n) is 6.82. The van der Waals surface area contributed by atoms with Crippen molar-refractivity contribution in [1.82, 2.24) is 15.3 Å². The summed E-state index contributed by atoms with van der Waals surface area (Å²) in [7, 11) is 0. The van der Waals surface area contributed by atoms with E-state index < -0.39 is 11.9 Å². The number of hydrogen-bond donors (Lipinski definition) is 1. The number of piperidine rings is 1. The fourth-order valence-corrected chi connectivity index (χ4v) is 3.44. The molecule has 1 fully saturated rings. The molecule has 0 unspecified atom stereocenters. The topological polar surface area (TPSA) is 76.6 Å². The van der Waals surface area contributed by atoms with Gasteiger partial charge in [0.1, 0.15) is 31.1 Å². The molecule has 29 heavy (non-hydrogen) atoms. The molecule has 0 radical (unpaired) electrons. The van der Waals surface area contributed by atoms with Crippen LogP contribution in [-0.4, -0.2) is 48.2 Å². The lowest BCUT2D eigenvalue weighted by molar-refractivity contribution is -0.141. The van der Waals surface area contributed by atoms with Crippen LogP contribution in [-0.2, 0) is 6.18 Å². The van der Waals surface area contributed by atoms with Gasteiger partial charge in [-0.3, -0.25) is 4.79 Å². The smallest absolute Gasteiger partial charge is 0.433 e. The van der Waals surface area contributed by atoms with Crippen molar-refractivity contribution >= 4 is 11.7 Å². The first-order valence-electron chi connectivity index (χ1n) is 9.25. The van der Waals surface area contributed by atoms with Gasteiger partial charge in [0.25, 0.3) is 5.91 Å². The summed E-state index contributed by atoms with van der Waals surface area (Å²) in [5.74, 6) is 0.962. The quantitative estimate of drug-likeness (QED) is 0.842. The number of aromatic nitrogens is 2. The lowest BCUT2D eigenvalue weighted by Gasteiger charge is -2.33. The van der Waals surface area contributed by atoms with E-state index in [-0.39, 0.29) is 17.8 Å². The first-order chi connectivity index (χ1) is 13.9. The summed E-state index contributed by atoms with van der Waals surface area (Å²) in [4.78, 5) is 21.7. The van der Waals surface area contributed by atoms with E-state index in [0.717, 1.165) is 12.4 Å². The molecule has 3 heterocycles. The largest absolute Gasteiger partial charge is 0.486 e. The second kappa shape index (κ2) is 7.76. The first kappa shape index (κ1) is 19.3. The molecule has 0 bridgehead atoms. The third-order valence-electron chi connectivity index (χ3n) is 4.91. The van der Waals surface area contributed by atoms with E-state index in [2.05, 4.69) is 15.3 Å². The Labute approximate surface area is 164 Å². The van der Waals surface area contributed by atoms with Gasteiger partial charge in [0.15, 0.2) is 11.5 Å². The maximum absolute atomic E-state index is 12.8. The number of alkyl halides is 3. The molecule has 0 saturated carbocycles. The number of hydrogen-bond acceptors (Lipinski definition) is 6. The van der Waals surface area contributed by atoms with Crippen LogP contribution in [0.1, 0.15) is 28.9 Å². The van der Waals surface area contributed by atoms with E-state index >= 15 is 0 Å². The summed E-state index contributed by atoms with van der Waals surface area (Å²) in [5.41, 5.74) is -0.552. The maximum atomic E-state index is 12.8. The van der Waals surface area contributed by atoms with Crippen molar-refractivity contribution in [2.45, 2.75) is 25.1 Å². The van der Waals surface area contributed by atoms with Crippen LogP contribution in [0.4, 0.5) is 19.0 Å². The number of rotatable bonds is 3. The van der Waals surface area contributed by atoms with Crippen molar-refractivity contribution in [3.8, 4) is 11.5 Å². The molecule has 1 amide bonds. The van der Waals surface area contributed by atoms with Crippen LogP contribution in [0, 0.1) is 0 Å². The third-order valence-corrected chi connectivity index (χ3v) is 4.91. The van der Waals surface area contributed by atoms with E-state index in [4.69, 9.17) is 9.47 Å². The fourth-order valence-electron chi connectivity index (χ4n) is 3.44. The molecule has 0 spiro atoms. The average Bonchev–Trinajstić information content (AvgIpc) is 2.73. The molecular formula is C19H19F3N4O3. The molecule has 1 aromatic heterocycles. The number of para-hydroxylation sites is 1. The Hall–Kier alpha value is -3.04. The molecule has 7 nitrogen and oxygen atoms in total. The summed E-state index contributed by atoms with van der Waals surface area (Å²) in [6.45, 7) is 1.78. The number of anilines is 1. The standard InChI is InChI=1S/C19H19F3N4O3/c20-19(21,22)15-10-16(24-11-23-15)26-6-4-12(5-7-26)25-18(27)13-2-1-3-14-17(13)29-9-8-28-14/h1-3,10-12H,4-9H2,(H,25,27). The SMILES string of the molecule is O=C(NC1CCN(c2cc(C(F)(F)F)ncn2)CC1)c1cccc2c1OCCO2. The minimum Gasteiger partial charge on any atom is -0.486 e. The van der Waals surface area contributed by atoms with Crippen molar-refractivity contribution < 1.29 is 27.4 Å². The molecule has 2 aromatic rings. The van der Waals surface area contributed by atoms with Crippen LogP contribution in [0.15, 0.2) is 30.6 Å². The molecule has 154 valence electrons. The molecule has 10 heteroatoms. The predicted octanol–water partition coefficient (Wildman–Crippen LogP) is 2.67. The molecule has 1 N–H and O–H groups in total. The number of carbonyl (C=O) groups is 1. The summed E-state index contributed by atoms with van der Waals surface area (Å²) in [6, 6.07) is 6.02. The highest BCUT2D eigenvalue weighted by Gasteiger charge is 2.33. The number of amides is 1. The summed E-state index contributed by atoms with van der Waals surface area (Å²) < 4.78 is 49.6. The second-order valence-corrected chi connectivity index (χ2v) is 6.82. The highest BCUT2D eigenvalue weighted by molar-refractivity contribution is 5.98. The Kier molecular flexibility index (Phi) is 5.16. The summed E-state index contributed by atoms with van der Waals surface area (Å²) in [5, 5.41) is 2.98. The molecule has 4 rings (SSSR count). The van der Waals surface area contributed by atoms with Crippen LogP contribution in [0.5, 0.6) is 11.5 Å². The van der Waals surface area contributed by atoms with Gasteiger partial charge in [-0.05, 0) is 25.0 Å². The van der Waals surface area contributed by atoms with Gasteiger partial charge in [0, 0.05) is 25.2 Å². The average molecular weight is 408 g/mol. The van der Waals surface area contributed by atoms with Gasteiger partial charge in [0.05, 0.1) is 5.56 Å². The van der Waals surface area contributed by atoms with Crippen LogP contribution in [0.2, 0.25) is 0 Å².